The number of rotatable bonds is 8. The summed E-state index contributed by atoms with van der Waals surface area (Å²) < 4.78 is 11.4. The van der Waals surface area contributed by atoms with Crippen molar-refractivity contribution < 1.29 is 19.1 Å². The highest BCUT2D eigenvalue weighted by atomic mass is 16.7. The minimum absolute atomic E-state index is 0.229. The summed E-state index contributed by atoms with van der Waals surface area (Å²) in [6.45, 7) is 3.97. The molecule has 0 saturated heterocycles. The van der Waals surface area contributed by atoms with Crippen molar-refractivity contribution >= 4 is 5.97 Å². The Morgan fingerprint density at radius 2 is 1.84 bits per heavy atom. The zero-order valence-corrected chi connectivity index (χ0v) is 18.4. The molecule has 2 aliphatic rings. The van der Waals surface area contributed by atoms with Crippen LogP contribution in [-0.4, -0.2) is 12.1 Å². The molecular weight excluding hydrogens is 404 g/mol. The molecule has 0 radical (unpaired) electrons. The van der Waals surface area contributed by atoms with E-state index in [1.165, 1.54) is 12.8 Å². The fourth-order valence-electron chi connectivity index (χ4n) is 4.19. The lowest BCUT2D eigenvalue weighted by atomic mass is 10.1. The molecule has 0 amide bonds. The Morgan fingerprint density at radius 1 is 1.12 bits per heavy atom. The van der Waals surface area contributed by atoms with Gasteiger partial charge in [0.25, 0.3) is 0 Å². The first-order chi connectivity index (χ1) is 15.5. The van der Waals surface area contributed by atoms with E-state index in [0.29, 0.717) is 17.1 Å². The van der Waals surface area contributed by atoms with Crippen LogP contribution in [-0.2, 0) is 14.4 Å². The van der Waals surface area contributed by atoms with E-state index in [1.807, 2.05) is 44.2 Å². The Morgan fingerprint density at radius 3 is 2.56 bits per heavy atom. The normalized spacial score (nSPS) is 21.5. The number of carbonyl (C=O) groups excluding carboxylic acids is 1. The third kappa shape index (κ3) is 4.95. The molecule has 32 heavy (non-hydrogen) atoms. The molecule has 2 aliphatic carbocycles. The zero-order valence-electron chi connectivity index (χ0n) is 18.4. The van der Waals surface area contributed by atoms with Crippen LogP contribution in [0, 0.1) is 22.7 Å². The monoisotopic (exact) mass is 432 g/mol. The molecule has 2 aromatic carbocycles. The average Bonchev–Trinajstić information content (AvgIpc) is 3.11. The fourth-order valence-corrected chi connectivity index (χ4v) is 4.19. The molecule has 6 heteroatoms. The number of nitrogens with zero attached hydrogens (tertiary/aromatic N) is 1. The van der Waals surface area contributed by atoms with E-state index in [1.54, 1.807) is 30.5 Å². The van der Waals surface area contributed by atoms with Crippen molar-refractivity contribution in [3.63, 3.8) is 0 Å². The van der Waals surface area contributed by atoms with E-state index in [9.17, 15) is 10.1 Å². The Bertz CT molecular complexity index is 1020. The van der Waals surface area contributed by atoms with Gasteiger partial charge in [0, 0.05) is 17.2 Å². The number of nitriles is 1. The van der Waals surface area contributed by atoms with Crippen molar-refractivity contribution in [2.45, 2.75) is 51.7 Å². The molecule has 1 unspecified atom stereocenters. The van der Waals surface area contributed by atoms with Gasteiger partial charge in [0.1, 0.15) is 17.6 Å². The second-order valence-corrected chi connectivity index (χ2v) is 8.83. The molecule has 166 valence electrons. The average molecular weight is 433 g/mol. The fraction of sp³-hybridized carbons (Fsp3) is 0.385. The third-order valence-electron chi connectivity index (χ3n) is 6.17. The molecule has 0 bridgehead atoms. The molecule has 1 N–H and O–H groups in total. The lowest BCUT2D eigenvalue weighted by Gasteiger charge is -2.13. The quantitative estimate of drug-likeness (QED) is 0.433. The van der Waals surface area contributed by atoms with Gasteiger partial charge in [-0.3, -0.25) is 15.1 Å². The lowest BCUT2D eigenvalue weighted by molar-refractivity contribution is -0.149. The number of hydroxylamine groups is 1. The van der Waals surface area contributed by atoms with Gasteiger partial charge < -0.3 is 9.47 Å². The number of ether oxygens (including phenoxy) is 2. The van der Waals surface area contributed by atoms with E-state index in [2.05, 4.69) is 11.5 Å². The molecule has 2 atom stereocenters. The molecule has 4 rings (SSSR count). The van der Waals surface area contributed by atoms with Crippen molar-refractivity contribution in [3.05, 3.63) is 71.9 Å². The molecule has 0 aromatic heterocycles. The largest absolute Gasteiger partial charge is 0.457 e. The van der Waals surface area contributed by atoms with Gasteiger partial charge in [0.15, 0.2) is 0 Å². The van der Waals surface area contributed by atoms with E-state index >= 15 is 0 Å². The SMILES string of the molecule is CC1(C)C(=CNOC2CCCC2)[C@H]1C(=O)OC(C#N)c1cccc(Oc2ccccc2)c1. The van der Waals surface area contributed by atoms with Gasteiger partial charge in [-0.25, -0.2) is 0 Å². The Labute approximate surface area is 188 Å². The lowest BCUT2D eigenvalue weighted by Crippen LogP contribution is -2.17. The maximum absolute atomic E-state index is 12.9. The predicted octanol–water partition coefficient (Wildman–Crippen LogP) is 5.59. The van der Waals surface area contributed by atoms with E-state index in [0.717, 1.165) is 18.4 Å². The van der Waals surface area contributed by atoms with Crippen molar-refractivity contribution in [2.24, 2.45) is 11.3 Å². The Hall–Kier alpha value is -3.30. The Balaban J connectivity index is 1.38. The summed E-state index contributed by atoms with van der Waals surface area (Å²) >= 11 is 0. The highest BCUT2D eigenvalue weighted by Gasteiger charge is 2.58. The van der Waals surface area contributed by atoms with Crippen LogP contribution in [0.4, 0.5) is 0 Å². The first-order valence-electron chi connectivity index (χ1n) is 11.0. The predicted molar refractivity (Wildman–Crippen MR) is 119 cm³/mol. The Kier molecular flexibility index (Phi) is 6.48. The van der Waals surface area contributed by atoms with Crippen molar-refractivity contribution in [1.29, 1.82) is 5.26 Å². The second kappa shape index (κ2) is 9.46. The third-order valence-corrected chi connectivity index (χ3v) is 6.17. The van der Waals surface area contributed by atoms with Crippen LogP contribution in [0.5, 0.6) is 11.5 Å². The van der Waals surface area contributed by atoms with Crippen LogP contribution < -0.4 is 10.2 Å². The number of carbonyl (C=O) groups is 1. The molecule has 0 heterocycles. The summed E-state index contributed by atoms with van der Waals surface area (Å²) in [7, 11) is 0. The van der Waals surface area contributed by atoms with Gasteiger partial charge in [0.05, 0.1) is 12.0 Å². The zero-order chi connectivity index (χ0) is 22.6. The molecule has 0 spiro atoms. The van der Waals surface area contributed by atoms with Crippen LogP contribution in [0.15, 0.2) is 66.4 Å². The summed E-state index contributed by atoms with van der Waals surface area (Å²) in [5.74, 6) is 0.453. The van der Waals surface area contributed by atoms with Gasteiger partial charge in [-0.1, -0.05) is 57.0 Å². The molecular formula is C26H28N2O4. The maximum Gasteiger partial charge on any atom is 0.315 e. The van der Waals surface area contributed by atoms with Crippen molar-refractivity contribution in [1.82, 2.24) is 5.48 Å². The summed E-state index contributed by atoms with van der Waals surface area (Å²) in [5, 5.41) is 9.65. The van der Waals surface area contributed by atoms with Crippen molar-refractivity contribution in [3.8, 4) is 17.6 Å². The standard InChI is InChI=1S/C26H28N2O4/c1-26(2)22(17-28-32-20-12-6-7-13-20)24(26)25(29)31-23(16-27)18-9-8-14-21(15-18)30-19-10-4-3-5-11-19/h3-5,8-11,14-15,17,20,23-24,28H,6-7,12-13H2,1-2H3/t23?,24-/m0/s1. The van der Waals surface area contributed by atoms with Crippen LogP contribution in [0.3, 0.4) is 0 Å². The summed E-state index contributed by atoms with van der Waals surface area (Å²) in [6, 6.07) is 18.5. The highest BCUT2D eigenvalue weighted by molar-refractivity contribution is 5.84. The van der Waals surface area contributed by atoms with Crippen LogP contribution >= 0.6 is 0 Å². The first kappa shape index (κ1) is 21.9. The van der Waals surface area contributed by atoms with Crippen molar-refractivity contribution in [2.75, 3.05) is 0 Å². The number of esters is 1. The van der Waals surface area contributed by atoms with E-state index < -0.39 is 18.0 Å². The first-order valence-corrected chi connectivity index (χ1v) is 11.0. The number of hydrogen-bond acceptors (Lipinski definition) is 6. The number of para-hydroxylation sites is 1. The van der Waals surface area contributed by atoms with E-state index in [4.69, 9.17) is 14.3 Å². The molecule has 6 nitrogen and oxygen atoms in total. The van der Waals surface area contributed by atoms with Gasteiger partial charge in [-0.2, -0.15) is 5.26 Å². The van der Waals surface area contributed by atoms with Gasteiger partial charge in [-0.15, -0.1) is 0 Å². The summed E-state index contributed by atoms with van der Waals surface area (Å²) in [5.41, 5.74) is 4.06. The van der Waals surface area contributed by atoms with Crippen LogP contribution in [0.25, 0.3) is 0 Å². The molecule has 2 saturated carbocycles. The van der Waals surface area contributed by atoms with Gasteiger partial charge in [0.2, 0.25) is 6.10 Å². The van der Waals surface area contributed by atoms with E-state index in [-0.39, 0.29) is 11.5 Å². The molecule has 2 fully saturated rings. The highest BCUT2D eigenvalue weighted by Crippen LogP contribution is 2.58. The molecule has 2 aromatic rings. The minimum Gasteiger partial charge on any atom is -0.457 e. The second-order valence-electron chi connectivity index (χ2n) is 8.83. The van der Waals surface area contributed by atoms with Crippen LogP contribution in [0.1, 0.15) is 51.2 Å². The van der Waals surface area contributed by atoms with Gasteiger partial charge in [-0.05, 0) is 42.7 Å². The minimum atomic E-state index is -1.01. The topological polar surface area (TPSA) is 80.6 Å². The smallest absolute Gasteiger partial charge is 0.315 e. The van der Waals surface area contributed by atoms with Crippen LogP contribution in [0.2, 0.25) is 0 Å². The van der Waals surface area contributed by atoms with Gasteiger partial charge >= 0.3 is 5.97 Å². The summed E-state index contributed by atoms with van der Waals surface area (Å²) in [4.78, 5) is 18.5. The number of benzene rings is 2. The molecule has 0 aliphatic heterocycles. The maximum atomic E-state index is 12.9. The number of hydrogen-bond donors (Lipinski definition) is 1. The number of nitrogens with one attached hydrogen (secondary N) is 1. The summed E-state index contributed by atoms with van der Waals surface area (Å²) in [6.07, 6.45) is 5.48.